The van der Waals surface area contributed by atoms with Gasteiger partial charge in [-0.3, -0.25) is 4.98 Å². The zero-order valence-electron chi connectivity index (χ0n) is 7.87. The van der Waals surface area contributed by atoms with E-state index in [9.17, 15) is 4.39 Å². The molecule has 0 spiro atoms. The van der Waals surface area contributed by atoms with Gasteiger partial charge < -0.3 is 0 Å². The molecule has 0 aliphatic rings. The first kappa shape index (κ1) is 8.88. The maximum atomic E-state index is 13.4. The van der Waals surface area contributed by atoms with Crippen molar-refractivity contribution < 1.29 is 4.39 Å². The number of nitrogens with zero attached hydrogens (tertiary/aromatic N) is 1. The number of aryl methyl sites for hydroxylation is 1. The van der Waals surface area contributed by atoms with E-state index in [0.717, 1.165) is 11.1 Å². The van der Waals surface area contributed by atoms with Crippen LogP contribution in [0.5, 0.6) is 0 Å². The van der Waals surface area contributed by atoms with Gasteiger partial charge in [-0.05, 0) is 25.1 Å². The summed E-state index contributed by atoms with van der Waals surface area (Å²) < 4.78 is 13.4. The summed E-state index contributed by atoms with van der Waals surface area (Å²) in [5.41, 5.74) is 2.47. The molecule has 2 rings (SSSR count). The van der Waals surface area contributed by atoms with Crippen LogP contribution < -0.4 is 0 Å². The fourth-order valence-electron chi connectivity index (χ4n) is 1.38. The van der Waals surface area contributed by atoms with Crippen LogP contribution in [0.3, 0.4) is 0 Å². The van der Waals surface area contributed by atoms with E-state index in [1.54, 1.807) is 24.5 Å². The summed E-state index contributed by atoms with van der Waals surface area (Å²) in [6.45, 7) is 1.94. The summed E-state index contributed by atoms with van der Waals surface area (Å²) in [6.07, 6.45) is 3.34. The minimum atomic E-state index is -0.205. The quantitative estimate of drug-likeness (QED) is 0.668. The van der Waals surface area contributed by atoms with Crippen molar-refractivity contribution in [1.82, 2.24) is 4.98 Å². The van der Waals surface area contributed by atoms with Crippen molar-refractivity contribution in [3.8, 4) is 11.1 Å². The Morgan fingerprint density at radius 3 is 2.79 bits per heavy atom. The number of hydrogen-bond acceptors (Lipinski definition) is 1. The van der Waals surface area contributed by atoms with Crippen LogP contribution in [-0.2, 0) is 0 Å². The number of rotatable bonds is 1. The van der Waals surface area contributed by atoms with Crippen LogP contribution in [0, 0.1) is 12.7 Å². The Morgan fingerprint density at radius 2 is 2.07 bits per heavy atom. The third kappa shape index (κ3) is 1.64. The number of halogens is 1. The predicted octanol–water partition coefficient (Wildman–Crippen LogP) is 3.20. The second kappa shape index (κ2) is 3.58. The first-order valence-electron chi connectivity index (χ1n) is 4.44. The SMILES string of the molecule is Cc1ccc(F)c(-c2cccnc2)c1. The molecule has 1 aromatic heterocycles. The lowest BCUT2D eigenvalue weighted by Crippen LogP contribution is -1.86. The Morgan fingerprint density at radius 1 is 1.21 bits per heavy atom. The number of aromatic nitrogens is 1. The molecule has 0 saturated carbocycles. The lowest BCUT2D eigenvalue weighted by atomic mass is 10.0. The minimum absolute atomic E-state index is 0.205. The molecule has 0 aliphatic heterocycles. The van der Waals surface area contributed by atoms with Gasteiger partial charge in [-0.1, -0.05) is 17.7 Å². The van der Waals surface area contributed by atoms with E-state index in [2.05, 4.69) is 4.98 Å². The predicted molar refractivity (Wildman–Crippen MR) is 54.4 cm³/mol. The summed E-state index contributed by atoms with van der Waals surface area (Å²) in [5, 5.41) is 0. The molecule has 0 N–H and O–H groups in total. The molecule has 0 amide bonds. The van der Waals surface area contributed by atoms with Crippen molar-refractivity contribution in [3.05, 3.63) is 54.1 Å². The van der Waals surface area contributed by atoms with Gasteiger partial charge in [-0.15, -0.1) is 0 Å². The van der Waals surface area contributed by atoms with Crippen LogP contribution in [0.1, 0.15) is 5.56 Å². The molecule has 2 heteroatoms. The zero-order valence-corrected chi connectivity index (χ0v) is 7.87. The molecule has 0 bridgehead atoms. The van der Waals surface area contributed by atoms with Gasteiger partial charge in [0.2, 0.25) is 0 Å². The van der Waals surface area contributed by atoms with Gasteiger partial charge in [0.05, 0.1) is 0 Å². The maximum absolute atomic E-state index is 13.4. The molecule has 0 unspecified atom stereocenters. The van der Waals surface area contributed by atoms with E-state index in [1.165, 1.54) is 6.07 Å². The lowest BCUT2D eigenvalue weighted by Gasteiger charge is -2.03. The molecule has 70 valence electrons. The van der Waals surface area contributed by atoms with Gasteiger partial charge in [0.15, 0.2) is 0 Å². The van der Waals surface area contributed by atoms with Crippen molar-refractivity contribution in [2.24, 2.45) is 0 Å². The Kier molecular flexibility index (Phi) is 2.27. The standard InChI is InChI=1S/C12H10FN/c1-9-4-5-12(13)11(7-9)10-3-2-6-14-8-10/h2-8H,1H3. The molecular formula is C12H10FN. The van der Waals surface area contributed by atoms with Gasteiger partial charge in [-0.2, -0.15) is 0 Å². The van der Waals surface area contributed by atoms with Crippen molar-refractivity contribution >= 4 is 0 Å². The van der Waals surface area contributed by atoms with E-state index in [4.69, 9.17) is 0 Å². The molecule has 1 heterocycles. The number of pyridine rings is 1. The van der Waals surface area contributed by atoms with Gasteiger partial charge in [0.25, 0.3) is 0 Å². The van der Waals surface area contributed by atoms with Crippen LogP contribution in [0.15, 0.2) is 42.7 Å². The average molecular weight is 187 g/mol. The molecular weight excluding hydrogens is 177 g/mol. The Balaban J connectivity index is 2.57. The second-order valence-electron chi connectivity index (χ2n) is 3.23. The summed E-state index contributed by atoms with van der Waals surface area (Å²) >= 11 is 0. The number of benzene rings is 1. The van der Waals surface area contributed by atoms with Crippen molar-refractivity contribution in [1.29, 1.82) is 0 Å². The van der Waals surface area contributed by atoms with Crippen LogP contribution >= 0.6 is 0 Å². The topological polar surface area (TPSA) is 12.9 Å². The van der Waals surface area contributed by atoms with Crippen LogP contribution in [-0.4, -0.2) is 4.98 Å². The third-order valence-corrected chi connectivity index (χ3v) is 2.09. The molecule has 1 aromatic carbocycles. The Labute approximate surface area is 82.2 Å². The average Bonchev–Trinajstić information content (AvgIpc) is 2.23. The van der Waals surface area contributed by atoms with Gasteiger partial charge in [-0.25, -0.2) is 4.39 Å². The first-order chi connectivity index (χ1) is 6.77. The molecule has 0 atom stereocenters. The van der Waals surface area contributed by atoms with Crippen LogP contribution in [0.25, 0.3) is 11.1 Å². The highest BCUT2D eigenvalue weighted by atomic mass is 19.1. The maximum Gasteiger partial charge on any atom is 0.131 e. The molecule has 1 nitrogen and oxygen atoms in total. The van der Waals surface area contributed by atoms with Gasteiger partial charge >= 0.3 is 0 Å². The molecule has 0 saturated heterocycles. The fourth-order valence-corrected chi connectivity index (χ4v) is 1.38. The molecule has 0 aliphatic carbocycles. The van der Waals surface area contributed by atoms with Crippen molar-refractivity contribution in [2.75, 3.05) is 0 Å². The lowest BCUT2D eigenvalue weighted by molar-refractivity contribution is 0.631. The summed E-state index contributed by atoms with van der Waals surface area (Å²) in [7, 11) is 0. The van der Waals surface area contributed by atoms with E-state index >= 15 is 0 Å². The van der Waals surface area contributed by atoms with E-state index in [0.29, 0.717) is 5.56 Å². The third-order valence-electron chi connectivity index (χ3n) is 2.09. The van der Waals surface area contributed by atoms with Crippen LogP contribution in [0.4, 0.5) is 4.39 Å². The first-order valence-corrected chi connectivity index (χ1v) is 4.44. The van der Waals surface area contributed by atoms with Crippen molar-refractivity contribution in [3.63, 3.8) is 0 Å². The summed E-state index contributed by atoms with van der Waals surface area (Å²) in [6, 6.07) is 8.72. The second-order valence-corrected chi connectivity index (χ2v) is 3.23. The highest BCUT2D eigenvalue weighted by Gasteiger charge is 2.04. The number of hydrogen-bond donors (Lipinski definition) is 0. The van der Waals surface area contributed by atoms with Crippen molar-refractivity contribution in [2.45, 2.75) is 6.92 Å². The largest absolute Gasteiger partial charge is 0.264 e. The molecule has 0 fully saturated rings. The monoisotopic (exact) mass is 187 g/mol. The van der Waals surface area contributed by atoms with Gasteiger partial charge in [0, 0.05) is 23.5 Å². The zero-order chi connectivity index (χ0) is 9.97. The smallest absolute Gasteiger partial charge is 0.131 e. The normalized spacial score (nSPS) is 10.1. The Bertz CT molecular complexity index is 437. The molecule has 0 radical (unpaired) electrons. The van der Waals surface area contributed by atoms with Crippen LogP contribution in [0.2, 0.25) is 0 Å². The Hall–Kier alpha value is -1.70. The minimum Gasteiger partial charge on any atom is -0.264 e. The fraction of sp³-hybridized carbons (Fsp3) is 0.0833. The highest BCUT2D eigenvalue weighted by molar-refractivity contribution is 5.63. The van der Waals surface area contributed by atoms with E-state index in [-0.39, 0.29) is 5.82 Å². The van der Waals surface area contributed by atoms with Gasteiger partial charge in [0.1, 0.15) is 5.82 Å². The van der Waals surface area contributed by atoms with E-state index in [1.807, 2.05) is 19.1 Å². The summed E-state index contributed by atoms with van der Waals surface area (Å²) in [5.74, 6) is -0.205. The van der Waals surface area contributed by atoms with E-state index < -0.39 is 0 Å². The highest BCUT2D eigenvalue weighted by Crippen LogP contribution is 2.22. The summed E-state index contributed by atoms with van der Waals surface area (Å²) in [4.78, 5) is 3.97. The molecule has 2 aromatic rings. The molecule has 14 heavy (non-hydrogen) atoms.